The second kappa shape index (κ2) is 10.5. The first-order chi connectivity index (χ1) is 13.8. The summed E-state index contributed by atoms with van der Waals surface area (Å²) in [6.45, 7) is 1.66. The highest BCUT2D eigenvalue weighted by Gasteiger charge is 2.12. The molecule has 29 heavy (non-hydrogen) atoms. The number of hydrogen-bond acceptors (Lipinski definition) is 6. The van der Waals surface area contributed by atoms with E-state index in [2.05, 4.69) is 36.8 Å². The van der Waals surface area contributed by atoms with Crippen LogP contribution in [0.5, 0.6) is 5.75 Å². The molecule has 2 amide bonds. The predicted molar refractivity (Wildman–Crippen MR) is 113 cm³/mol. The number of halogens is 1. The van der Waals surface area contributed by atoms with Gasteiger partial charge in [-0.1, -0.05) is 22.0 Å². The van der Waals surface area contributed by atoms with Crippen LogP contribution in [-0.2, 0) is 9.53 Å². The molecule has 0 unspecified atom stereocenters. The highest BCUT2D eigenvalue weighted by molar-refractivity contribution is 9.10. The van der Waals surface area contributed by atoms with Gasteiger partial charge in [-0.15, -0.1) is 0 Å². The quantitative estimate of drug-likeness (QED) is 0.343. The third-order valence-electron chi connectivity index (χ3n) is 3.59. The number of thiocarbonyl (C=S) groups is 1. The molecular formula is C19H18BrN3O5S. The Morgan fingerprint density at radius 3 is 2.48 bits per heavy atom. The number of hydrogen-bond donors (Lipinski definition) is 3. The third kappa shape index (κ3) is 6.84. The zero-order valence-corrected chi connectivity index (χ0v) is 18.0. The zero-order valence-electron chi connectivity index (χ0n) is 15.6. The minimum absolute atomic E-state index is 0.119. The number of ether oxygens (including phenoxy) is 2. The van der Waals surface area contributed by atoms with Crippen LogP contribution in [0.2, 0.25) is 0 Å². The van der Waals surface area contributed by atoms with Crippen molar-refractivity contribution in [2.75, 3.05) is 13.7 Å². The van der Waals surface area contributed by atoms with Crippen molar-refractivity contribution in [1.29, 1.82) is 0 Å². The molecule has 0 heterocycles. The minimum Gasteiger partial charge on any atom is -0.484 e. The summed E-state index contributed by atoms with van der Waals surface area (Å²) in [5.74, 6) is -1.06. The Balaban J connectivity index is 1.80. The monoisotopic (exact) mass is 479 g/mol. The van der Waals surface area contributed by atoms with Gasteiger partial charge >= 0.3 is 5.97 Å². The molecular weight excluding hydrogens is 462 g/mol. The number of rotatable bonds is 5. The van der Waals surface area contributed by atoms with Crippen LogP contribution in [0, 0.1) is 6.92 Å². The standard InChI is InChI=1S/C19H18BrN3O5S/c1-11-8-14(6-7-15(11)20)28-10-16(24)22-23-19(29)21-17(25)12-4-3-5-13(9-12)18(26)27-2/h3-9H,10H2,1-2H3,(H,22,24)(H2,21,23,25,29). The Bertz CT molecular complexity index is 951. The number of aryl methyl sites for hydroxylation is 1. The molecule has 0 saturated carbocycles. The number of nitrogens with one attached hydrogen (secondary N) is 3. The van der Waals surface area contributed by atoms with Gasteiger partial charge < -0.3 is 9.47 Å². The molecule has 2 rings (SSSR count). The highest BCUT2D eigenvalue weighted by Crippen LogP contribution is 2.21. The fourth-order valence-electron chi connectivity index (χ4n) is 2.13. The molecule has 0 atom stereocenters. The second-order valence-corrected chi connectivity index (χ2v) is 6.99. The second-order valence-electron chi connectivity index (χ2n) is 5.73. The average molecular weight is 480 g/mol. The summed E-state index contributed by atoms with van der Waals surface area (Å²) >= 11 is 8.35. The van der Waals surface area contributed by atoms with Crippen LogP contribution < -0.4 is 20.9 Å². The molecule has 2 aromatic carbocycles. The Labute approximate surface area is 181 Å². The van der Waals surface area contributed by atoms with Crippen LogP contribution in [0.1, 0.15) is 26.3 Å². The SMILES string of the molecule is COC(=O)c1cccc(C(=O)NC(=S)NNC(=O)COc2ccc(Br)c(C)c2)c1. The van der Waals surface area contributed by atoms with E-state index in [1.54, 1.807) is 18.2 Å². The Morgan fingerprint density at radius 2 is 1.79 bits per heavy atom. The van der Waals surface area contributed by atoms with Crippen molar-refractivity contribution in [2.24, 2.45) is 0 Å². The van der Waals surface area contributed by atoms with E-state index in [9.17, 15) is 14.4 Å². The molecule has 10 heteroatoms. The van der Waals surface area contributed by atoms with Crippen molar-refractivity contribution in [3.63, 3.8) is 0 Å². The van der Waals surface area contributed by atoms with Crippen LogP contribution >= 0.6 is 28.1 Å². The summed E-state index contributed by atoms with van der Waals surface area (Å²) in [6.07, 6.45) is 0. The number of methoxy groups -OCH3 is 1. The maximum absolute atomic E-state index is 12.2. The van der Waals surface area contributed by atoms with Crippen LogP contribution in [0.25, 0.3) is 0 Å². The average Bonchev–Trinajstić information content (AvgIpc) is 2.72. The summed E-state index contributed by atoms with van der Waals surface area (Å²) in [7, 11) is 1.25. The van der Waals surface area contributed by atoms with Gasteiger partial charge in [0, 0.05) is 10.0 Å². The normalized spacial score (nSPS) is 9.90. The van der Waals surface area contributed by atoms with Gasteiger partial charge in [0.15, 0.2) is 11.7 Å². The maximum atomic E-state index is 12.2. The first-order valence-corrected chi connectivity index (χ1v) is 9.47. The molecule has 152 valence electrons. The fraction of sp³-hybridized carbons (Fsp3) is 0.158. The smallest absolute Gasteiger partial charge is 0.337 e. The molecule has 8 nitrogen and oxygen atoms in total. The molecule has 0 bridgehead atoms. The van der Waals surface area contributed by atoms with Gasteiger partial charge in [0.2, 0.25) is 0 Å². The van der Waals surface area contributed by atoms with Crippen molar-refractivity contribution in [3.8, 4) is 5.75 Å². The van der Waals surface area contributed by atoms with Gasteiger partial charge in [0.05, 0.1) is 12.7 Å². The van der Waals surface area contributed by atoms with Crippen molar-refractivity contribution in [3.05, 3.63) is 63.6 Å². The lowest BCUT2D eigenvalue weighted by Crippen LogP contribution is -2.49. The molecule has 0 saturated heterocycles. The molecule has 0 aliphatic rings. The summed E-state index contributed by atoms with van der Waals surface area (Å²) in [5.41, 5.74) is 6.14. The predicted octanol–water partition coefficient (Wildman–Crippen LogP) is 2.26. The topological polar surface area (TPSA) is 106 Å². The van der Waals surface area contributed by atoms with Gasteiger partial charge in [0.1, 0.15) is 5.75 Å². The van der Waals surface area contributed by atoms with E-state index in [4.69, 9.17) is 17.0 Å². The molecule has 0 spiro atoms. The largest absolute Gasteiger partial charge is 0.484 e. The van der Waals surface area contributed by atoms with Crippen LogP contribution in [-0.4, -0.2) is 36.6 Å². The Morgan fingerprint density at radius 1 is 1.07 bits per heavy atom. The number of esters is 1. The Hall–Kier alpha value is -2.98. The van der Waals surface area contributed by atoms with E-state index in [1.807, 2.05) is 13.0 Å². The van der Waals surface area contributed by atoms with Crippen molar-refractivity contribution < 1.29 is 23.9 Å². The number of hydrazine groups is 1. The van der Waals surface area contributed by atoms with E-state index in [-0.39, 0.29) is 22.8 Å². The first-order valence-electron chi connectivity index (χ1n) is 8.27. The van der Waals surface area contributed by atoms with E-state index in [0.717, 1.165) is 10.0 Å². The summed E-state index contributed by atoms with van der Waals surface area (Å²) in [6, 6.07) is 11.3. The molecule has 0 aliphatic carbocycles. The maximum Gasteiger partial charge on any atom is 0.337 e. The van der Waals surface area contributed by atoms with Crippen LogP contribution in [0.3, 0.4) is 0 Å². The molecule has 0 fully saturated rings. The van der Waals surface area contributed by atoms with Gasteiger partial charge in [-0.05, 0) is 61.1 Å². The highest BCUT2D eigenvalue weighted by atomic mass is 79.9. The minimum atomic E-state index is -0.561. The van der Waals surface area contributed by atoms with E-state index < -0.39 is 17.8 Å². The zero-order chi connectivity index (χ0) is 21.4. The van der Waals surface area contributed by atoms with E-state index >= 15 is 0 Å². The number of carbonyl (C=O) groups excluding carboxylic acids is 3. The molecule has 0 aromatic heterocycles. The van der Waals surface area contributed by atoms with Gasteiger partial charge in [-0.3, -0.25) is 25.8 Å². The lowest BCUT2D eigenvalue weighted by molar-refractivity contribution is -0.123. The van der Waals surface area contributed by atoms with Crippen LogP contribution in [0.4, 0.5) is 0 Å². The van der Waals surface area contributed by atoms with Gasteiger partial charge in [-0.2, -0.15) is 0 Å². The molecule has 3 N–H and O–H groups in total. The van der Waals surface area contributed by atoms with Crippen molar-refractivity contribution in [2.45, 2.75) is 6.92 Å². The van der Waals surface area contributed by atoms with Gasteiger partial charge in [0.25, 0.3) is 11.8 Å². The molecule has 0 radical (unpaired) electrons. The number of carbonyl (C=O) groups is 3. The van der Waals surface area contributed by atoms with Crippen molar-refractivity contribution in [1.82, 2.24) is 16.2 Å². The third-order valence-corrected chi connectivity index (χ3v) is 4.68. The van der Waals surface area contributed by atoms with Gasteiger partial charge in [-0.25, -0.2) is 4.79 Å². The fourth-order valence-corrected chi connectivity index (χ4v) is 2.52. The number of benzene rings is 2. The van der Waals surface area contributed by atoms with E-state index in [1.165, 1.54) is 25.3 Å². The summed E-state index contributed by atoms with van der Waals surface area (Å²) < 4.78 is 10.9. The van der Waals surface area contributed by atoms with Crippen molar-refractivity contribution >= 4 is 51.0 Å². The lowest BCUT2D eigenvalue weighted by Gasteiger charge is -2.12. The number of amides is 2. The lowest BCUT2D eigenvalue weighted by atomic mass is 10.1. The van der Waals surface area contributed by atoms with Crippen LogP contribution in [0.15, 0.2) is 46.9 Å². The Kier molecular flexibility index (Phi) is 8.10. The summed E-state index contributed by atoms with van der Waals surface area (Å²) in [4.78, 5) is 35.6. The molecule has 2 aromatic rings. The summed E-state index contributed by atoms with van der Waals surface area (Å²) in [5, 5.41) is 2.27. The van der Waals surface area contributed by atoms with E-state index in [0.29, 0.717) is 5.75 Å². The first kappa shape index (κ1) is 22.3. The molecule has 0 aliphatic heterocycles.